The second-order valence-electron chi connectivity index (χ2n) is 6.02. The number of carbonyl (C=O) groups is 1. The first-order valence-corrected chi connectivity index (χ1v) is 8.86. The Labute approximate surface area is 142 Å². The lowest BCUT2D eigenvalue weighted by molar-refractivity contribution is 0.0600. The zero-order chi connectivity index (χ0) is 16.7. The Morgan fingerprint density at radius 3 is 3.04 bits per heavy atom. The third kappa shape index (κ3) is 2.52. The summed E-state index contributed by atoms with van der Waals surface area (Å²) in [6.45, 7) is 2.49. The van der Waals surface area contributed by atoms with Gasteiger partial charge >= 0.3 is 0 Å². The summed E-state index contributed by atoms with van der Waals surface area (Å²) in [6.07, 6.45) is 2.88. The van der Waals surface area contributed by atoms with Crippen molar-refractivity contribution in [3.63, 3.8) is 0 Å². The molecular weight excluding hydrogens is 326 g/mol. The molecule has 1 amide bonds. The van der Waals surface area contributed by atoms with Crippen LogP contribution in [0.3, 0.4) is 0 Å². The molecule has 8 heteroatoms. The molecule has 0 unspecified atom stereocenters. The molecule has 1 N–H and O–H groups in total. The topological polar surface area (TPSA) is 83.4 Å². The van der Waals surface area contributed by atoms with Crippen LogP contribution in [0, 0.1) is 6.92 Å². The smallest absolute Gasteiger partial charge is 0.273 e. The number of hydrogen-bond donors (Lipinski definition) is 1. The summed E-state index contributed by atoms with van der Waals surface area (Å²) in [5, 5.41) is 4.89. The molecule has 0 aliphatic carbocycles. The van der Waals surface area contributed by atoms with E-state index in [4.69, 9.17) is 0 Å². The van der Waals surface area contributed by atoms with Gasteiger partial charge in [0, 0.05) is 29.8 Å². The molecule has 1 fully saturated rings. The van der Waals surface area contributed by atoms with Gasteiger partial charge in [0.15, 0.2) is 5.65 Å². The Morgan fingerprint density at radius 1 is 1.38 bits per heavy atom. The van der Waals surface area contributed by atoms with Crippen LogP contribution in [-0.2, 0) is 0 Å². The Kier molecular flexibility index (Phi) is 3.68. The van der Waals surface area contributed by atoms with E-state index in [1.807, 2.05) is 11.0 Å². The number of piperidine rings is 1. The molecule has 4 heterocycles. The molecule has 1 aliphatic rings. The van der Waals surface area contributed by atoms with Crippen molar-refractivity contribution in [1.82, 2.24) is 24.5 Å². The first-order valence-electron chi connectivity index (χ1n) is 7.92. The predicted octanol–water partition coefficient (Wildman–Crippen LogP) is 2.15. The van der Waals surface area contributed by atoms with Crippen molar-refractivity contribution in [2.75, 3.05) is 6.54 Å². The van der Waals surface area contributed by atoms with E-state index in [1.165, 1.54) is 21.9 Å². The maximum atomic E-state index is 12.8. The second kappa shape index (κ2) is 5.86. The number of aromatic nitrogens is 4. The van der Waals surface area contributed by atoms with Crippen LogP contribution in [-0.4, -0.2) is 36.9 Å². The number of likely N-dealkylation sites (tertiary alicyclic amines) is 1. The lowest BCUT2D eigenvalue weighted by Crippen LogP contribution is -2.39. The number of H-pyrrole nitrogens is 1. The molecule has 0 saturated carbocycles. The Morgan fingerprint density at radius 2 is 2.25 bits per heavy atom. The van der Waals surface area contributed by atoms with Gasteiger partial charge in [-0.3, -0.25) is 14.7 Å². The molecule has 0 aromatic carbocycles. The van der Waals surface area contributed by atoms with Crippen LogP contribution in [0.15, 0.2) is 27.8 Å². The highest BCUT2D eigenvalue weighted by Crippen LogP contribution is 2.31. The monoisotopic (exact) mass is 343 g/mol. The molecule has 0 bridgehead atoms. The van der Waals surface area contributed by atoms with Gasteiger partial charge in [-0.25, -0.2) is 14.5 Å². The summed E-state index contributed by atoms with van der Waals surface area (Å²) in [6, 6.07) is 3.27. The lowest BCUT2D eigenvalue weighted by Gasteiger charge is -2.34. The van der Waals surface area contributed by atoms with E-state index in [0.29, 0.717) is 23.6 Å². The highest BCUT2D eigenvalue weighted by Gasteiger charge is 2.31. The van der Waals surface area contributed by atoms with E-state index in [9.17, 15) is 9.59 Å². The maximum absolute atomic E-state index is 12.8. The lowest BCUT2D eigenvalue weighted by atomic mass is 9.99. The van der Waals surface area contributed by atoms with Crippen LogP contribution in [0.4, 0.5) is 0 Å². The molecule has 4 rings (SSSR count). The SMILES string of the molecule is Cc1cc(=O)n2[nH]c([C@@H]3CCCCN3C(=O)c3cscn3)cc2n1. The van der Waals surface area contributed by atoms with Gasteiger partial charge in [-0.1, -0.05) is 0 Å². The van der Waals surface area contributed by atoms with Crippen molar-refractivity contribution in [3.05, 3.63) is 50.5 Å². The number of aromatic amines is 1. The summed E-state index contributed by atoms with van der Waals surface area (Å²) in [5.41, 5.74) is 4.12. The van der Waals surface area contributed by atoms with Gasteiger partial charge in [0.25, 0.3) is 11.5 Å². The molecule has 1 saturated heterocycles. The number of thiazole rings is 1. The average molecular weight is 343 g/mol. The molecule has 24 heavy (non-hydrogen) atoms. The van der Waals surface area contributed by atoms with Crippen molar-refractivity contribution in [1.29, 1.82) is 0 Å². The number of aryl methyl sites for hydroxylation is 1. The van der Waals surface area contributed by atoms with Gasteiger partial charge < -0.3 is 4.90 Å². The fourth-order valence-electron chi connectivity index (χ4n) is 3.26. The van der Waals surface area contributed by atoms with Gasteiger partial charge in [0.2, 0.25) is 0 Å². The van der Waals surface area contributed by atoms with E-state index < -0.39 is 0 Å². The first kappa shape index (κ1) is 15.1. The van der Waals surface area contributed by atoms with Crippen molar-refractivity contribution in [2.24, 2.45) is 0 Å². The van der Waals surface area contributed by atoms with E-state index in [0.717, 1.165) is 25.0 Å². The molecule has 3 aromatic heterocycles. The Bertz CT molecular complexity index is 943. The number of hydrogen-bond acceptors (Lipinski definition) is 5. The summed E-state index contributed by atoms with van der Waals surface area (Å²) in [4.78, 5) is 35.2. The standard InChI is InChI=1S/C16H17N5O2S/c1-10-6-15(22)21-14(18-10)7-11(19-21)13-4-2-3-5-20(13)16(23)12-8-24-9-17-12/h6-9,13,19H,2-5H2,1H3/t13-/m0/s1. The van der Waals surface area contributed by atoms with E-state index in [2.05, 4.69) is 15.1 Å². The Hall–Kier alpha value is -2.48. The molecule has 1 atom stereocenters. The van der Waals surface area contributed by atoms with E-state index in [-0.39, 0.29) is 17.5 Å². The third-order valence-corrected chi connectivity index (χ3v) is 4.96. The number of nitrogens with zero attached hydrogens (tertiary/aromatic N) is 4. The first-order chi connectivity index (χ1) is 11.6. The molecule has 0 spiro atoms. The van der Waals surface area contributed by atoms with Crippen molar-refractivity contribution in [2.45, 2.75) is 32.2 Å². The summed E-state index contributed by atoms with van der Waals surface area (Å²) < 4.78 is 1.43. The van der Waals surface area contributed by atoms with Crippen molar-refractivity contribution < 1.29 is 4.79 Å². The summed E-state index contributed by atoms with van der Waals surface area (Å²) >= 11 is 1.41. The van der Waals surface area contributed by atoms with Gasteiger partial charge in [0.05, 0.1) is 17.2 Å². The molecule has 0 radical (unpaired) electrons. The minimum atomic E-state index is -0.142. The van der Waals surface area contributed by atoms with Crippen LogP contribution in [0.2, 0.25) is 0 Å². The van der Waals surface area contributed by atoms with Gasteiger partial charge in [-0.2, -0.15) is 0 Å². The number of fused-ring (bicyclic) bond motifs is 1. The van der Waals surface area contributed by atoms with Crippen molar-refractivity contribution in [3.8, 4) is 0 Å². The minimum Gasteiger partial charge on any atom is -0.329 e. The average Bonchev–Trinajstić information content (AvgIpc) is 3.23. The fraction of sp³-hybridized carbons (Fsp3) is 0.375. The number of amides is 1. The molecule has 7 nitrogen and oxygen atoms in total. The zero-order valence-electron chi connectivity index (χ0n) is 13.2. The number of rotatable bonds is 2. The van der Waals surface area contributed by atoms with Crippen LogP contribution in [0.5, 0.6) is 0 Å². The van der Waals surface area contributed by atoms with Crippen LogP contribution < -0.4 is 5.56 Å². The minimum absolute atomic E-state index is 0.0592. The van der Waals surface area contributed by atoms with Crippen LogP contribution in [0.25, 0.3) is 5.65 Å². The van der Waals surface area contributed by atoms with Crippen LogP contribution >= 0.6 is 11.3 Å². The predicted molar refractivity (Wildman–Crippen MR) is 90.3 cm³/mol. The highest BCUT2D eigenvalue weighted by atomic mass is 32.1. The molecule has 124 valence electrons. The zero-order valence-corrected chi connectivity index (χ0v) is 14.0. The second-order valence-corrected chi connectivity index (χ2v) is 6.74. The number of carbonyl (C=O) groups excluding carboxylic acids is 1. The molecular formula is C16H17N5O2S. The van der Waals surface area contributed by atoms with Gasteiger partial charge in [-0.15, -0.1) is 11.3 Å². The highest BCUT2D eigenvalue weighted by molar-refractivity contribution is 7.07. The number of nitrogens with one attached hydrogen (secondary N) is 1. The fourth-order valence-corrected chi connectivity index (χ4v) is 3.79. The maximum Gasteiger partial charge on any atom is 0.273 e. The Balaban J connectivity index is 1.74. The normalized spacial score (nSPS) is 18.2. The van der Waals surface area contributed by atoms with E-state index in [1.54, 1.807) is 17.8 Å². The van der Waals surface area contributed by atoms with E-state index >= 15 is 0 Å². The quantitative estimate of drug-likeness (QED) is 0.773. The summed E-state index contributed by atoms with van der Waals surface area (Å²) in [7, 11) is 0. The van der Waals surface area contributed by atoms with Crippen molar-refractivity contribution >= 4 is 22.9 Å². The largest absolute Gasteiger partial charge is 0.329 e. The van der Waals surface area contributed by atoms with Gasteiger partial charge in [-0.05, 0) is 26.2 Å². The summed E-state index contributed by atoms with van der Waals surface area (Å²) in [5.74, 6) is -0.0592. The van der Waals surface area contributed by atoms with Crippen LogP contribution in [0.1, 0.15) is 47.2 Å². The third-order valence-electron chi connectivity index (χ3n) is 4.37. The molecule has 1 aliphatic heterocycles. The van der Waals surface area contributed by atoms with Gasteiger partial charge in [0.1, 0.15) is 5.69 Å². The molecule has 3 aromatic rings.